The molecule has 0 aromatic carbocycles. The van der Waals surface area contributed by atoms with Crippen LogP contribution >= 0.6 is 0 Å². The highest BCUT2D eigenvalue weighted by molar-refractivity contribution is 5.83. The van der Waals surface area contributed by atoms with E-state index in [2.05, 4.69) is 0 Å². The summed E-state index contributed by atoms with van der Waals surface area (Å²) in [6.07, 6.45) is 4.41. The molecule has 0 atom stereocenters. The lowest BCUT2D eigenvalue weighted by Gasteiger charge is -2.49. The Kier molecular flexibility index (Phi) is 3.59. The number of hydrogen-bond acceptors (Lipinski definition) is 3. The molecule has 1 heterocycles. The number of likely N-dealkylation sites (tertiary alicyclic amines) is 1. The average molecular weight is 253 g/mol. The van der Waals surface area contributed by atoms with Crippen LogP contribution in [0.25, 0.3) is 0 Å². The lowest BCUT2D eigenvalue weighted by atomic mass is 9.59. The number of allylic oxidation sites excluding steroid dienone is 1. The highest BCUT2D eigenvalue weighted by atomic mass is 16.5. The molecule has 0 aromatic rings. The molecule has 1 aliphatic heterocycles. The second-order valence-corrected chi connectivity index (χ2v) is 4.97. The Morgan fingerprint density at radius 2 is 2.06 bits per heavy atom. The Balaban J connectivity index is 1.98. The molecule has 1 amide bonds. The van der Waals surface area contributed by atoms with Gasteiger partial charge in [-0.1, -0.05) is 5.57 Å². The van der Waals surface area contributed by atoms with Crippen molar-refractivity contribution >= 4 is 12.1 Å². The largest absolute Gasteiger partial charge is 0.465 e. The summed E-state index contributed by atoms with van der Waals surface area (Å²) in [4.78, 5) is 23.7. The number of esters is 1. The van der Waals surface area contributed by atoms with Gasteiger partial charge in [-0.25, -0.2) is 9.59 Å². The van der Waals surface area contributed by atoms with E-state index in [1.165, 1.54) is 4.90 Å². The van der Waals surface area contributed by atoms with Gasteiger partial charge in [-0.15, -0.1) is 0 Å². The van der Waals surface area contributed by atoms with Crippen LogP contribution in [0.5, 0.6) is 0 Å². The summed E-state index contributed by atoms with van der Waals surface area (Å²) in [6, 6.07) is 0. The summed E-state index contributed by atoms with van der Waals surface area (Å²) in [7, 11) is 0. The summed E-state index contributed by atoms with van der Waals surface area (Å²) in [5.74, 6) is -0.271. The molecule has 5 heteroatoms. The first-order valence-electron chi connectivity index (χ1n) is 6.43. The topological polar surface area (TPSA) is 66.8 Å². The van der Waals surface area contributed by atoms with E-state index in [4.69, 9.17) is 9.84 Å². The molecular weight excluding hydrogens is 234 g/mol. The molecule has 1 N–H and O–H groups in total. The molecule has 100 valence electrons. The minimum atomic E-state index is -0.847. The van der Waals surface area contributed by atoms with E-state index in [0.29, 0.717) is 19.7 Å². The zero-order valence-corrected chi connectivity index (χ0v) is 10.6. The lowest BCUT2D eigenvalue weighted by Crippen LogP contribution is -2.46. The van der Waals surface area contributed by atoms with Crippen LogP contribution in [-0.2, 0) is 9.53 Å². The summed E-state index contributed by atoms with van der Waals surface area (Å²) < 4.78 is 4.92. The quantitative estimate of drug-likeness (QED) is 0.604. The second kappa shape index (κ2) is 5.00. The van der Waals surface area contributed by atoms with Crippen molar-refractivity contribution in [2.45, 2.75) is 32.6 Å². The van der Waals surface area contributed by atoms with E-state index < -0.39 is 6.09 Å². The molecule has 0 unspecified atom stereocenters. The molecule has 2 aliphatic rings. The lowest BCUT2D eigenvalue weighted by molar-refractivity contribution is -0.137. The molecule has 2 rings (SSSR count). The number of rotatable bonds is 2. The predicted octanol–water partition coefficient (Wildman–Crippen LogP) is 2.03. The number of carbonyl (C=O) groups excluding carboxylic acids is 1. The van der Waals surface area contributed by atoms with E-state index in [9.17, 15) is 9.59 Å². The Morgan fingerprint density at radius 3 is 2.50 bits per heavy atom. The molecule has 0 radical (unpaired) electrons. The third-order valence-corrected chi connectivity index (χ3v) is 4.12. The van der Waals surface area contributed by atoms with Crippen LogP contribution in [0.2, 0.25) is 0 Å². The van der Waals surface area contributed by atoms with Crippen LogP contribution in [0.1, 0.15) is 32.6 Å². The summed E-state index contributed by atoms with van der Waals surface area (Å²) >= 11 is 0. The van der Waals surface area contributed by atoms with E-state index in [1.807, 2.05) is 0 Å². The number of amides is 1. The van der Waals surface area contributed by atoms with Gasteiger partial charge in [0.05, 0.1) is 6.61 Å². The third-order valence-electron chi connectivity index (χ3n) is 4.12. The second-order valence-electron chi connectivity index (χ2n) is 4.97. The summed E-state index contributed by atoms with van der Waals surface area (Å²) in [5, 5.41) is 8.92. The van der Waals surface area contributed by atoms with Gasteiger partial charge in [0.1, 0.15) is 0 Å². The normalized spacial score (nSPS) is 23.8. The zero-order valence-electron chi connectivity index (χ0n) is 10.6. The van der Waals surface area contributed by atoms with Crippen molar-refractivity contribution in [3.63, 3.8) is 0 Å². The van der Waals surface area contributed by atoms with Crippen molar-refractivity contribution in [3.8, 4) is 0 Å². The first kappa shape index (κ1) is 12.9. The third kappa shape index (κ3) is 2.35. The maximum atomic E-state index is 11.4. The van der Waals surface area contributed by atoms with Crippen molar-refractivity contribution in [2.75, 3.05) is 19.7 Å². The first-order valence-corrected chi connectivity index (χ1v) is 6.43. The number of nitrogens with zero attached hydrogens (tertiary/aromatic N) is 1. The van der Waals surface area contributed by atoms with Gasteiger partial charge in [0.25, 0.3) is 0 Å². The average Bonchev–Trinajstić information content (AvgIpc) is 2.35. The molecule has 18 heavy (non-hydrogen) atoms. The Bertz CT molecular complexity index is 380. The standard InChI is InChI=1S/C13H19NO4/c1-2-18-11(15)9-10-3-4-13(10)5-7-14(8-6-13)12(16)17/h9H,2-8H2,1H3,(H,16,17)/b10-9+. The molecule has 1 saturated heterocycles. The maximum Gasteiger partial charge on any atom is 0.407 e. The minimum absolute atomic E-state index is 0.0682. The molecule has 5 nitrogen and oxygen atoms in total. The fourth-order valence-corrected chi connectivity index (χ4v) is 2.87. The zero-order chi connectivity index (χ0) is 13.2. The van der Waals surface area contributed by atoms with Crippen LogP contribution in [0.3, 0.4) is 0 Å². The molecule has 2 fully saturated rings. The van der Waals surface area contributed by atoms with Crippen LogP contribution in [0.15, 0.2) is 11.6 Å². The molecule has 0 bridgehead atoms. The van der Waals surface area contributed by atoms with E-state index >= 15 is 0 Å². The fraction of sp³-hybridized carbons (Fsp3) is 0.692. The monoisotopic (exact) mass is 253 g/mol. The first-order chi connectivity index (χ1) is 8.57. The highest BCUT2D eigenvalue weighted by Gasteiger charge is 2.44. The number of hydrogen-bond donors (Lipinski definition) is 1. The fourth-order valence-electron chi connectivity index (χ4n) is 2.87. The SMILES string of the molecule is CCOC(=O)/C=C1\CCC12CCN(C(=O)O)CC2. The van der Waals surface area contributed by atoms with Gasteiger partial charge >= 0.3 is 12.1 Å². The minimum Gasteiger partial charge on any atom is -0.465 e. The number of carboxylic acid groups (broad SMARTS) is 1. The molecule has 1 spiro atoms. The number of carbonyl (C=O) groups is 2. The van der Waals surface area contributed by atoms with Crippen molar-refractivity contribution in [2.24, 2.45) is 5.41 Å². The maximum absolute atomic E-state index is 11.4. The number of ether oxygens (including phenoxy) is 1. The molecule has 1 saturated carbocycles. The van der Waals surface area contributed by atoms with Gasteiger partial charge < -0.3 is 14.7 Å². The van der Waals surface area contributed by atoms with E-state index in [-0.39, 0.29) is 11.4 Å². The van der Waals surface area contributed by atoms with Gasteiger partial charge in [0.2, 0.25) is 0 Å². The number of piperidine rings is 1. The van der Waals surface area contributed by atoms with Crippen molar-refractivity contribution in [1.29, 1.82) is 0 Å². The van der Waals surface area contributed by atoms with Gasteiger partial charge in [-0.05, 0) is 38.0 Å². The van der Waals surface area contributed by atoms with E-state index in [0.717, 1.165) is 31.3 Å². The molecule has 1 aliphatic carbocycles. The summed E-state index contributed by atoms with van der Waals surface area (Å²) in [5.41, 5.74) is 1.21. The molecule has 0 aromatic heterocycles. The van der Waals surface area contributed by atoms with Crippen LogP contribution in [0.4, 0.5) is 4.79 Å². The Hall–Kier alpha value is -1.52. The van der Waals surface area contributed by atoms with Crippen molar-refractivity contribution in [3.05, 3.63) is 11.6 Å². The van der Waals surface area contributed by atoms with Crippen molar-refractivity contribution in [1.82, 2.24) is 4.90 Å². The highest BCUT2D eigenvalue weighted by Crippen LogP contribution is 2.53. The van der Waals surface area contributed by atoms with Gasteiger partial charge in [0.15, 0.2) is 0 Å². The smallest absolute Gasteiger partial charge is 0.407 e. The predicted molar refractivity (Wildman–Crippen MR) is 65.2 cm³/mol. The van der Waals surface area contributed by atoms with Gasteiger partial charge in [0, 0.05) is 19.2 Å². The van der Waals surface area contributed by atoms with Gasteiger partial charge in [-0.2, -0.15) is 0 Å². The Labute approximate surface area is 106 Å². The van der Waals surface area contributed by atoms with Crippen molar-refractivity contribution < 1.29 is 19.4 Å². The van der Waals surface area contributed by atoms with E-state index in [1.54, 1.807) is 13.0 Å². The van der Waals surface area contributed by atoms with Gasteiger partial charge in [-0.3, -0.25) is 0 Å². The Morgan fingerprint density at radius 1 is 1.39 bits per heavy atom. The van der Waals surface area contributed by atoms with Crippen LogP contribution < -0.4 is 0 Å². The molecular formula is C13H19NO4. The summed E-state index contributed by atoms with van der Waals surface area (Å²) in [6.45, 7) is 3.31. The van der Waals surface area contributed by atoms with Crippen LogP contribution in [-0.4, -0.2) is 41.8 Å². The van der Waals surface area contributed by atoms with Crippen LogP contribution in [0, 0.1) is 5.41 Å².